The van der Waals surface area contributed by atoms with E-state index in [1.165, 1.54) is 44.5 Å². The number of anilines is 3. The molecule has 0 N–H and O–H groups in total. The fourth-order valence-electron chi connectivity index (χ4n) is 11.6. The van der Waals surface area contributed by atoms with Crippen LogP contribution in [0, 0.1) is 0 Å². The molecule has 0 unspecified atom stereocenters. The average Bonchev–Trinajstić information content (AvgIpc) is 4.12. The molecule has 0 saturated carbocycles. The summed E-state index contributed by atoms with van der Waals surface area (Å²) in [5.41, 5.74) is 21.3. The highest BCUT2D eigenvalue weighted by atomic mass is 16.5. The summed E-state index contributed by atoms with van der Waals surface area (Å²) in [4.78, 5) is 2.43. The van der Waals surface area contributed by atoms with Gasteiger partial charge < -0.3 is 18.5 Å². The second-order valence-electron chi connectivity index (χ2n) is 19.7. The molecule has 4 nitrogen and oxygen atoms in total. The lowest BCUT2D eigenvalue weighted by Crippen LogP contribution is -2.18. The normalized spacial score (nSPS) is 14.5. The van der Waals surface area contributed by atoms with Gasteiger partial charge in [0.25, 0.3) is 0 Å². The van der Waals surface area contributed by atoms with Gasteiger partial charge in [-0.3, -0.25) is 0 Å². The number of rotatable bonds is 5. The lowest BCUT2D eigenvalue weighted by molar-refractivity contribution is 0.477. The van der Waals surface area contributed by atoms with Crippen LogP contribution in [-0.2, 0) is 10.8 Å². The average molecular weight is 876 g/mol. The van der Waals surface area contributed by atoms with E-state index in [0.29, 0.717) is 0 Å². The minimum Gasteiger partial charge on any atom is -0.456 e. The highest BCUT2D eigenvalue weighted by Gasteiger charge is 2.38. The van der Waals surface area contributed by atoms with Crippen molar-refractivity contribution in [3.63, 3.8) is 0 Å². The number of nitrogens with zero attached hydrogens (tertiary/aromatic N) is 1. The number of benzene rings is 9. The molecule has 11 aromatic rings. The first-order valence-electron chi connectivity index (χ1n) is 23.6. The predicted octanol–water partition coefficient (Wildman–Crippen LogP) is 18.0. The Bertz CT molecular complexity index is 3600. The van der Waals surface area contributed by atoms with E-state index in [4.69, 9.17) is 13.6 Å². The topological polar surface area (TPSA) is 38.8 Å². The minimum atomic E-state index is -0.168. The summed E-state index contributed by atoms with van der Waals surface area (Å²) in [7, 11) is 0. The van der Waals surface area contributed by atoms with E-state index >= 15 is 0 Å². The zero-order valence-corrected chi connectivity index (χ0v) is 38.2. The van der Waals surface area contributed by atoms with Gasteiger partial charge in [-0.2, -0.15) is 0 Å². The van der Waals surface area contributed by atoms with Crippen molar-refractivity contribution >= 4 is 39.0 Å². The molecule has 3 aliphatic rings. The first kappa shape index (κ1) is 38.9. The number of furan rings is 2. The fraction of sp³-hybridized carbons (Fsp3) is 0.0938. The lowest BCUT2D eigenvalue weighted by Gasteiger charge is -2.36. The standard InChI is InChI=1S/C64H45NO3/c1-63(2)50-20-9-7-16-46(50)48-28-24-38(32-52(48)63)44-18-13-19-45(39-25-29-49-47-17-8-10-21-51(47)64(3,4)53(49)33-39)62(44)65-54-30-26-42(58-34-40-14-5-11-22-56(40)66-58)36-60(54)68-61-37-43(27-31-55(61)65)59-35-41-15-6-12-23-57(41)67-59/h5-37H,1-4H3. The summed E-state index contributed by atoms with van der Waals surface area (Å²) in [6, 6.07) is 72.3. The van der Waals surface area contributed by atoms with Gasteiger partial charge in [0.1, 0.15) is 22.7 Å². The maximum atomic E-state index is 7.12. The SMILES string of the molecule is CC1(C)c2ccccc2-c2ccc(-c3cccc(-c4ccc5c(c4)C(C)(C)c4ccccc4-5)c3N3c4ccc(-c5cc6ccccc6o5)cc4Oc4cc(-c5cc6ccccc6o5)ccc43)cc21. The summed E-state index contributed by atoms with van der Waals surface area (Å²) < 4.78 is 20.0. The van der Waals surface area contributed by atoms with Gasteiger partial charge in [0.15, 0.2) is 11.5 Å². The minimum absolute atomic E-state index is 0.168. The van der Waals surface area contributed by atoms with Crippen LogP contribution in [-0.4, -0.2) is 0 Å². The van der Waals surface area contributed by atoms with E-state index in [9.17, 15) is 0 Å². The molecule has 0 fully saturated rings. The van der Waals surface area contributed by atoms with Crippen molar-refractivity contribution in [2.24, 2.45) is 0 Å². The molecule has 1 aliphatic heterocycles. The number of hydrogen-bond donors (Lipinski definition) is 0. The van der Waals surface area contributed by atoms with Gasteiger partial charge in [-0.1, -0.05) is 155 Å². The Morgan fingerprint density at radius 3 is 1.24 bits per heavy atom. The summed E-state index contributed by atoms with van der Waals surface area (Å²) in [6.07, 6.45) is 0. The first-order chi connectivity index (χ1) is 33.2. The van der Waals surface area contributed by atoms with Crippen LogP contribution < -0.4 is 9.64 Å². The van der Waals surface area contributed by atoms with E-state index in [-0.39, 0.29) is 10.8 Å². The maximum absolute atomic E-state index is 7.12. The number of ether oxygens (including phenoxy) is 1. The van der Waals surface area contributed by atoms with E-state index in [1.54, 1.807) is 0 Å². The molecule has 324 valence electrons. The van der Waals surface area contributed by atoms with Gasteiger partial charge in [0, 0.05) is 43.9 Å². The molecule has 2 aromatic heterocycles. The van der Waals surface area contributed by atoms with E-state index in [2.05, 4.69) is 196 Å². The van der Waals surface area contributed by atoms with Crippen molar-refractivity contribution in [3.05, 3.63) is 222 Å². The third-order valence-corrected chi connectivity index (χ3v) is 15.1. The predicted molar refractivity (Wildman–Crippen MR) is 278 cm³/mol. The van der Waals surface area contributed by atoms with Crippen molar-refractivity contribution in [2.45, 2.75) is 38.5 Å². The van der Waals surface area contributed by atoms with E-state index < -0.39 is 0 Å². The van der Waals surface area contributed by atoms with Crippen LogP contribution in [0.25, 0.3) is 89.1 Å². The van der Waals surface area contributed by atoms with Gasteiger partial charge in [-0.25, -0.2) is 0 Å². The number of para-hydroxylation sites is 3. The molecule has 0 saturated heterocycles. The zero-order chi connectivity index (χ0) is 45.5. The third kappa shape index (κ3) is 5.61. The summed E-state index contributed by atoms with van der Waals surface area (Å²) >= 11 is 0. The molecule has 68 heavy (non-hydrogen) atoms. The highest BCUT2D eigenvalue weighted by molar-refractivity contribution is 6.02. The lowest BCUT2D eigenvalue weighted by atomic mass is 9.80. The van der Waals surface area contributed by atoms with Gasteiger partial charge in [-0.15, -0.1) is 0 Å². The molecule has 0 atom stereocenters. The van der Waals surface area contributed by atoms with Crippen molar-refractivity contribution in [1.82, 2.24) is 0 Å². The fourth-order valence-corrected chi connectivity index (χ4v) is 11.6. The van der Waals surface area contributed by atoms with Crippen molar-refractivity contribution in [1.29, 1.82) is 0 Å². The Morgan fingerprint density at radius 1 is 0.338 bits per heavy atom. The van der Waals surface area contributed by atoms with Crippen LogP contribution in [0.2, 0.25) is 0 Å². The Kier molecular flexibility index (Phi) is 8.06. The molecule has 0 radical (unpaired) electrons. The molecule has 4 heteroatoms. The molecule has 3 heterocycles. The van der Waals surface area contributed by atoms with Crippen LogP contribution in [0.3, 0.4) is 0 Å². The molecule has 14 rings (SSSR count). The maximum Gasteiger partial charge on any atom is 0.152 e. The smallest absolute Gasteiger partial charge is 0.152 e. The molecule has 0 amide bonds. The Morgan fingerprint density at radius 2 is 0.750 bits per heavy atom. The summed E-state index contributed by atoms with van der Waals surface area (Å²) in [5.74, 6) is 3.04. The first-order valence-corrected chi connectivity index (χ1v) is 23.6. The highest BCUT2D eigenvalue weighted by Crippen LogP contribution is 2.58. The van der Waals surface area contributed by atoms with Crippen molar-refractivity contribution in [3.8, 4) is 78.7 Å². The van der Waals surface area contributed by atoms with Gasteiger partial charge >= 0.3 is 0 Å². The summed E-state index contributed by atoms with van der Waals surface area (Å²) in [6.45, 7) is 9.43. The van der Waals surface area contributed by atoms with E-state index in [1.807, 2.05) is 36.4 Å². The molecule has 0 bridgehead atoms. The number of hydrogen-bond acceptors (Lipinski definition) is 4. The molecular formula is C64H45NO3. The second-order valence-corrected chi connectivity index (χ2v) is 19.7. The molecule has 9 aromatic carbocycles. The summed E-state index contributed by atoms with van der Waals surface area (Å²) in [5, 5.41) is 2.12. The Labute approximate surface area is 395 Å². The largest absolute Gasteiger partial charge is 0.456 e. The second kappa shape index (κ2) is 14.1. The molecular weight excluding hydrogens is 831 g/mol. The third-order valence-electron chi connectivity index (χ3n) is 15.1. The van der Waals surface area contributed by atoms with Crippen LogP contribution >= 0.6 is 0 Å². The van der Waals surface area contributed by atoms with Crippen LogP contribution in [0.4, 0.5) is 17.1 Å². The Hall–Kier alpha value is -8.34. The van der Waals surface area contributed by atoms with Crippen LogP contribution in [0.15, 0.2) is 209 Å². The van der Waals surface area contributed by atoms with Crippen LogP contribution in [0.1, 0.15) is 49.9 Å². The van der Waals surface area contributed by atoms with E-state index in [0.717, 1.165) is 95.4 Å². The van der Waals surface area contributed by atoms with Gasteiger partial charge in [0.05, 0.1) is 17.1 Å². The van der Waals surface area contributed by atoms with Crippen molar-refractivity contribution < 1.29 is 13.6 Å². The quantitative estimate of drug-likeness (QED) is 0.173. The van der Waals surface area contributed by atoms with Gasteiger partial charge in [-0.05, 0) is 128 Å². The zero-order valence-electron chi connectivity index (χ0n) is 38.2. The van der Waals surface area contributed by atoms with Gasteiger partial charge in [0.2, 0.25) is 0 Å². The number of fused-ring (bicyclic) bond motifs is 10. The Balaban J connectivity index is 1.02. The molecule has 2 aliphatic carbocycles. The van der Waals surface area contributed by atoms with Crippen molar-refractivity contribution in [2.75, 3.05) is 4.90 Å². The van der Waals surface area contributed by atoms with Crippen LogP contribution in [0.5, 0.6) is 11.5 Å². The monoisotopic (exact) mass is 875 g/mol. The molecule has 0 spiro atoms.